The lowest BCUT2D eigenvalue weighted by atomic mass is 10.1. The molecule has 2 unspecified atom stereocenters. The van der Waals surface area contributed by atoms with Crippen molar-refractivity contribution in [3.8, 4) is 11.3 Å². The largest absolute Gasteiger partial charge is 0.480 e. The van der Waals surface area contributed by atoms with E-state index in [1.54, 1.807) is 18.2 Å². The van der Waals surface area contributed by atoms with Crippen LogP contribution in [0.2, 0.25) is 0 Å². The Morgan fingerprint density at radius 3 is 2.87 bits per heavy atom. The Morgan fingerprint density at radius 2 is 2.17 bits per heavy atom. The summed E-state index contributed by atoms with van der Waals surface area (Å²) in [6.45, 7) is 0. The zero-order chi connectivity index (χ0) is 16.4. The van der Waals surface area contributed by atoms with Crippen LogP contribution in [-0.2, 0) is 9.53 Å². The quantitative estimate of drug-likeness (QED) is 0.831. The van der Waals surface area contributed by atoms with Crippen LogP contribution >= 0.6 is 11.8 Å². The second kappa shape index (κ2) is 6.47. The number of benzene rings is 1. The first-order valence-electron chi connectivity index (χ1n) is 6.97. The third-order valence-corrected chi connectivity index (χ3v) is 4.76. The number of furan rings is 1. The van der Waals surface area contributed by atoms with Crippen molar-refractivity contribution in [1.29, 1.82) is 0 Å². The van der Waals surface area contributed by atoms with Crippen LogP contribution in [0.1, 0.15) is 21.5 Å². The fourth-order valence-corrected chi connectivity index (χ4v) is 3.52. The number of esters is 1. The molecule has 0 spiro atoms. The van der Waals surface area contributed by atoms with Crippen LogP contribution in [0.15, 0.2) is 40.8 Å². The lowest BCUT2D eigenvalue weighted by Gasteiger charge is -2.07. The monoisotopic (exact) mass is 333 g/mol. The summed E-state index contributed by atoms with van der Waals surface area (Å²) in [5.41, 5.74) is 1.21. The van der Waals surface area contributed by atoms with Crippen LogP contribution in [0.3, 0.4) is 0 Å². The molecule has 6 nitrogen and oxygen atoms in total. The fraction of sp³-hybridized carbons (Fsp3) is 0.250. The molecule has 2 atom stereocenters. The van der Waals surface area contributed by atoms with Crippen LogP contribution < -0.4 is 5.32 Å². The van der Waals surface area contributed by atoms with Crippen LogP contribution in [-0.4, -0.2) is 35.9 Å². The van der Waals surface area contributed by atoms with Gasteiger partial charge in [0.25, 0.3) is 0 Å². The molecule has 0 amide bonds. The summed E-state index contributed by atoms with van der Waals surface area (Å²) in [6.07, 6.45) is 0. The van der Waals surface area contributed by atoms with Crippen molar-refractivity contribution < 1.29 is 23.8 Å². The second-order valence-corrected chi connectivity index (χ2v) is 6.18. The normalized spacial score (nSPS) is 20.4. The first-order valence-corrected chi connectivity index (χ1v) is 8.02. The predicted molar refractivity (Wildman–Crippen MR) is 85.2 cm³/mol. The van der Waals surface area contributed by atoms with E-state index in [0.29, 0.717) is 22.8 Å². The van der Waals surface area contributed by atoms with E-state index in [1.165, 1.54) is 18.9 Å². The average molecular weight is 333 g/mol. The maximum atomic E-state index is 11.6. The van der Waals surface area contributed by atoms with Crippen LogP contribution in [0, 0.1) is 0 Å². The number of hydrogen-bond donors (Lipinski definition) is 2. The molecular formula is C16H15NO5S. The smallest absolute Gasteiger partial charge is 0.337 e. The van der Waals surface area contributed by atoms with E-state index in [0.717, 1.165) is 5.56 Å². The van der Waals surface area contributed by atoms with E-state index < -0.39 is 18.0 Å². The Morgan fingerprint density at radius 1 is 1.35 bits per heavy atom. The first kappa shape index (κ1) is 15.6. The molecule has 0 bridgehead atoms. The SMILES string of the molecule is COC(=O)c1cccc(-c2ccc(C3NC(C(=O)O)CS3)o2)c1. The summed E-state index contributed by atoms with van der Waals surface area (Å²) < 4.78 is 10.5. The third-order valence-electron chi connectivity index (χ3n) is 3.53. The van der Waals surface area contributed by atoms with Gasteiger partial charge in [-0.25, -0.2) is 4.79 Å². The Bertz CT molecular complexity index is 742. The molecule has 1 aliphatic heterocycles. The Labute approximate surface area is 136 Å². The molecule has 2 heterocycles. The van der Waals surface area contributed by atoms with Crippen LogP contribution in [0.5, 0.6) is 0 Å². The van der Waals surface area contributed by atoms with Gasteiger partial charge in [0.05, 0.1) is 12.7 Å². The van der Waals surface area contributed by atoms with Gasteiger partial charge in [-0.3, -0.25) is 10.1 Å². The highest BCUT2D eigenvalue weighted by Crippen LogP contribution is 2.35. The molecule has 2 N–H and O–H groups in total. The number of methoxy groups -OCH3 is 1. The minimum Gasteiger partial charge on any atom is -0.480 e. The number of carbonyl (C=O) groups is 2. The highest BCUT2D eigenvalue weighted by molar-refractivity contribution is 7.99. The number of carboxylic acid groups (broad SMARTS) is 1. The summed E-state index contributed by atoms with van der Waals surface area (Å²) in [5, 5.41) is 11.8. The van der Waals surface area contributed by atoms with Gasteiger partial charge in [-0.05, 0) is 24.3 Å². The van der Waals surface area contributed by atoms with Crippen molar-refractivity contribution in [2.75, 3.05) is 12.9 Å². The van der Waals surface area contributed by atoms with Gasteiger partial charge in [0.2, 0.25) is 0 Å². The lowest BCUT2D eigenvalue weighted by molar-refractivity contribution is -0.138. The average Bonchev–Trinajstić information content (AvgIpc) is 3.23. The van der Waals surface area contributed by atoms with Gasteiger partial charge in [-0.1, -0.05) is 12.1 Å². The third kappa shape index (κ3) is 3.25. The molecule has 0 saturated carbocycles. The van der Waals surface area contributed by atoms with Gasteiger partial charge < -0.3 is 14.3 Å². The van der Waals surface area contributed by atoms with Crippen molar-refractivity contribution in [1.82, 2.24) is 5.32 Å². The molecule has 1 aromatic carbocycles. The second-order valence-electron chi connectivity index (χ2n) is 5.05. The highest BCUT2D eigenvalue weighted by atomic mass is 32.2. The molecule has 120 valence electrons. The summed E-state index contributed by atoms with van der Waals surface area (Å²) in [6, 6.07) is 10.0. The van der Waals surface area contributed by atoms with Crippen molar-refractivity contribution in [2.45, 2.75) is 11.4 Å². The maximum absolute atomic E-state index is 11.6. The van der Waals surface area contributed by atoms with Gasteiger partial charge in [-0.2, -0.15) is 0 Å². The molecule has 3 rings (SSSR count). The standard InChI is InChI=1S/C16H15NO5S/c1-21-16(20)10-4-2-3-9(7-10)12-5-6-13(22-12)14-17-11(8-23-14)15(18)19/h2-7,11,14,17H,8H2,1H3,(H,18,19). The minimum absolute atomic E-state index is 0.186. The van der Waals surface area contributed by atoms with Gasteiger partial charge in [0.1, 0.15) is 22.9 Å². The van der Waals surface area contributed by atoms with E-state index in [4.69, 9.17) is 14.3 Å². The predicted octanol–water partition coefficient (Wildman–Crippen LogP) is 2.52. The highest BCUT2D eigenvalue weighted by Gasteiger charge is 2.32. The van der Waals surface area contributed by atoms with E-state index in [-0.39, 0.29) is 5.37 Å². The van der Waals surface area contributed by atoms with Crippen molar-refractivity contribution in [2.24, 2.45) is 0 Å². The number of hydrogen-bond acceptors (Lipinski definition) is 6. The van der Waals surface area contributed by atoms with Gasteiger partial charge >= 0.3 is 11.9 Å². The van der Waals surface area contributed by atoms with E-state index in [2.05, 4.69) is 5.32 Å². The number of ether oxygens (including phenoxy) is 1. The zero-order valence-electron chi connectivity index (χ0n) is 12.3. The number of carboxylic acids is 1. The lowest BCUT2D eigenvalue weighted by Crippen LogP contribution is -2.33. The number of nitrogens with one attached hydrogen (secondary N) is 1. The zero-order valence-corrected chi connectivity index (χ0v) is 13.1. The molecular weight excluding hydrogens is 318 g/mol. The number of aliphatic carboxylic acids is 1. The Kier molecular flexibility index (Phi) is 4.40. The Hall–Kier alpha value is -2.25. The summed E-state index contributed by atoms with van der Waals surface area (Å²) in [4.78, 5) is 22.6. The number of thioether (sulfide) groups is 1. The van der Waals surface area contributed by atoms with Crippen molar-refractivity contribution in [3.63, 3.8) is 0 Å². The minimum atomic E-state index is -0.863. The number of carbonyl (C=O) groups excluding carboxylic acids is 1. The molecule has 2 aromatic rings. The topological polar surface area (TPSA) is 88.8 Å². The van der Waals surface area contributed by atoms with Gasteiger partial charge in [0, 0.05) is 11.3 Å². The van der Waals surface area contributed by atoms with Crippen LogP contribution in [0.4, 0.5) is 0 Å². The van der Waals surface area contributed by atoms with E-state index >= 15 is 0 Å². The fourth-order valence-electron chi connectivity index (χ4n) is 2.34. The van der Waals surface area contributed by atoms with Crippen LogP contribution in [0.25, 0.3) is 11.3 Å². The van der Waals surface area contributed by atoms with Gasteiger partial charge in [-0.15, -0.1) is 11.8 Å². The van der Waals surface area contributed by atoms with Crippen molar-refractivity contribution in [3.05, 3.63) is 47.7 Å². The summed E-state index contributed by atoms with van der Waals surface area (Å²) >= 11 is 1.49. The molecule has 0 aliphatic carbocycles. The first-order chi connectivity index (χ1) is 11.1. The maximum Gasteiger partial charge on any atom is 0.337 e. The summed E-state index contributed by atoms with van der Waals surface area (Å²) in [7, 11) is 1.34. The van der Waals surface area contributed by atoms with E-state index in [1.807, 2.05) is 18.2 Å². The molecule has 1 aromatic heterocycles. The molecule has 7 heteroatoms. The molecule has 1 fully saturated rings. The van der Waals surface area contributed by atoms with E-state index in [9.17, 15) is 9.59 Å². The molecule has 1 aliphatic rings. The molecule has 1 saturated heterocycles. The van der Waals surface area contributed by atoms with Gasteiger partial charge in [0.15, 0.2) is 0 Å². The number of rotatable bonds is 4. The molecule has 0 radical (unpaired) electrons. The summed E-state index contributed by atoms with van der Waals surface area (Å²) in [5.74, 6) is 0.506. The molecule has 23 heavy (non-hydrogen) atoms. The Balaban J connectivity index is 1.80. The van der Waals surface area contributed by atoms with Crippen molar-refractivity contribution >= 4 is 23.7 Å².